The number of hydrogen-bond acceptors (Lipinski definition) is 4. The second kappa shape index (κ2) is 5.77. The van der Waals surface area contributed by atoms with Gasteiger partial charge in [-0.05, 0) is 52.2 Å². The molecule has 1 aromatic heterocycles. The molecular formula is C20H25NO4. The van der Waals surface area contributed by atoms with Crippen molar-refractivity contribution in [3.8, 4) is 5.75 Å². The van der Waals surface area contributed by atoms with Crippen molar-refractivity contribution < 1.29 is 19.1 Å². The fraction of sp³-hybridized carbons (Fsp3) is 0.550. The molecule has 5 nitrogen and oxygen atoms in total. The lowest BCUT2D eigenvalue weighted by atomic mass is 9.89. The minimum atomic E-state index is -0.628. The van der Waals surface area contributed by atoms with E-state index in [2.05, 4.69) is 0 Å². The molecule has 1 N–H and O–H groups in total. The highest BCUT2D eigenvalue weighted by atomic mass is 16.5. The lowest BCUT2D eigenvalue weighted by molar-refractivity contribution is 0.0126. The van der Waals surface area contributed by atoms with E-state index in [1.807, 2.05) is 37.8 Å². The molecule has 0 aliphatic carbocycles. The number of aliphatic hydroxyl groups is 1. The van der Waals surface area contributed by atoms with E-state index in [1.54, 1.807) is 0 Å². The van der Waals surface area contributed by atoms with Gasteiger partial charge in [-0.2, -0.15) is 0 Å². The Morgan fingerprint density at radius 2 is 1.96 bits per heavy atom. The predicted octanol–water partition coefficient (Wildman–Crippen LogP) is 3.96. The van der Waals surface area contributed by atoms with Gasteiger partial charge in [0, 0.05) is 36.0 Å². The number of hydrogen-bond donors (Lipinski definition) is 1. The molecule has 0 bridgehead atoms. The maximum absolute atomic E-state index is 12.9. The number of aliphatic hydroxyl groups excluding tert-OH is 1. The molecule has 2 aromatic rings. The summed E-state index contributed by atoms with van der Waals surface area (Å²) >= 11 is 0. The third kappa shape index (κ3) is 2.71. The summed E-state index contributed by atoms with van der Waals surface area (Å²) in [6.07, 6.45) is 3.15. The highest BCUT2D eigenvalue weighted by molar-refractivity contribution is 6.00. The summed E-state index contributed by atoms with van der Waals surface area (Å²) in [5.41, 5.74) is 1.77. The first-order chi connectivity index (χ1) is 11.9. The molecule has 1 unspecified atom stereocenters. The third-order valence-corrected chi connectivity index (χ3v) is 5.34. The highest BCUT2D eigenvalue weighted by Crippen LogP contribution is 2.45. The third-order valence-electron chi connectivity index (χ3n) is 5.34. The maximum Gasteiger partial charge on any atom is 0.289 e. The van der Waals surface area contributed by atoms with Crippen molar-refractivity contribution >= 4 is 16.9 Å². The average Bonchev–Trinajstić information content (AvgIpc) is 2.90. The number of furan rings is 1. The number of rotatable bonds is 1. The molecule has 1 atom stereocenters. The number of nitrogens with zero attached hydrogens (tertiary/aromatic N) is 1. The number of carbonyl (C=O) groups excluding carboxylic acids is 1. The molecule has 4 rings (SSSR count). The first-order valence-electron chi connectivity index (χ1n) is 9.10. The van der Waals surface area contributed by atoms with Gasteiger partial charge in [0.15, 0.2) is 5.76 Å². The molecule has 0 spiro atoms. The fourth-order valence-corrected chi connectivity index (χ4v) is 4.12. The van der Waals surface area contributed by atoms with Crippen molar-refractivity contribution in [2.75, 3.05) is 13.1 Å². The Morgan fingerprint density at radius 3 is 2.68 bits per heavy atom. The molecule has 1 aromatic carbocycles. The van der Waals surface area contributed by atoms with Crippen LogP contribution in [-0.4, -0.2) is 34.6 Å². The van der Waals surface area contributed by atoms with E-state index in [9.17, 15) is 9.90 Å². The number of fused-ring (bicyclic) bond motifs is 3. The summed E-state index contributed by atoms with van der Waals surface area (Å²) in [7, 11) is 0. The molecule has 1 amide bonds. The Hall–Kier alpha value is -2.01. The molecule has 1 fully saturated rings. The van der Waals surface area contributed by atoms with Crippen LogP contribution in [0.4, 0.5) is 0 Å². The molecule has 1 saturated heterocycles. The van der Waals surface area contributed by atoms with Crippen LogP contribution in [0.25, 0.3) is 11.0 Å². The standard InChI is InChI=1S/C20H25NO4/c1-12-16-14(24-18(12)19(23)21-9-5-4-6-10-21)7-8-15-17(16)13(22)11-20(2,3)25-15/h7-8,13,22H,4-6,9-11H2,1-3H3. The van der Waals surface area contributed by atoms with Gasteiger partial charge in [-0.1, -0.05) is 0 Å². The number of piperidine rings is 1. The Bertz CT molecular complexity index is 830. The molecule has 0 saturated carbocycles. The monoisotopic (exact) mass is 343 g/mol. The Morgan fingerprint density at radius 1 is 1.24 bits per heavy atom. The second-order valence-electron chi connectivity index (χ2n) is 7.84. The second-order valence-corrected chi connectivity index (χ2v) is 7.84. The molecule has 25 heavy (non-hydrogen) atoms. The van der Waals surface area contributed by atoms with Gasteiger partial charge in [-0.15, -0.1) is 0 Å². The van der Waals surface area contributed by atoms with Crippen molar-refractivity contribution in [3.05, 3.63) is 29.0 Å². The number of ether oxygens (including phenoxy) is 1. The number of carbonyl (C=O) groups is 1. The zero-order valence-electron chi connectivity index (χ0n) is 15.1. The van der Waals surface area contributed by atoms with Crippen molar-refractivity contribution in [1.29, 1.82) is 0 Å². The summed E-state index contributed by atoms with van der Waals surface area (Å²) < 4.78 is 12.0. The molecular weight excluding hydrogens is 318 g/mol. The van der Waals surface area contributed by atoms with Crippen LogP contribution in [-0.2, 0) is 0 Å². The summed E-state index contributed by atoms with van der Waals surface area (Å²) in [6, 6.07) is 3.67. The maximum atomic E-state index is 12.9. The van der Waals surface area contributed by atoms with Gasteiger partial charge in [0.25, 0.3) is 5.91 Å². The van der Waals surface area contributed by atoms with Crippen molar-refractivity contribution in [3.63, 3.8) is 0 Å². The van der Waals surface area contributed by atoms with Crippen LogP contribution in [0.15, 0.2) is 16.5 Å². The van der Waals surface area contributed by atoms with Gasteiger partial charge >= 0.3 is 0 Å². The van der Waals surface area contributed by atoms with Crippen molar-refractivity contribution in [1.82, 2.24) is 4.90 Å². The van der Waals surface area contributed by atoms with Gasteiger partial charge in [0.1, 0.15) is 16.9 Å². The number of likely N-dealkylation sites (tertiary alicyclic amines) is 1. The van der Waals surface area contributed by atoms with Gasteiger partial charge < -0.3 is 19.2 Å². The largest absolute Gasteiger partial charge is 0.487 e. The Labute approximate surface area is 147 Å². The highest BCUT2D eigenvalue weighted by Gasteiger charge is 2.36. The SMILES string of the molecule is Cc1c(C(=O)N2CCCCC2)oc2ccc3c(c12)C(O)CC(C)(C)O3. The number of aryl methyl sites for hydroxylation is 1. The zero-order chi connectivity index (χ0) is 17.8. The molecule has 134 valence electrons. The number of amides is 1. The minimum Gasteiger partial charge on any atom is -0.487 e. The van der Waals surface area contributed by atoms with E-state index >= 15 is 0 Å². The van der Waals surface area contributed by atoms with Gasteiger partial charge in [-0.25, -0.2) is 0 Å². The van der Waals surface area contributed by atoms with Crippen LogP contribution >= 0.6 is 0 Å². The molecule has 5 heteroatoms. The van der Waals surface area contributed by atoms with E-state index in [-0.39, 0.29) is 5.91 Å². The Kier molecular flexibility index (Phi) is 3.80. The van der Waals surface area contributed by atoms with E-state index in [0.29, 0.717) is 23.5 Å². The quantitative estimate of drug-likeness (QED) is 0.851. The van der Waals surface area contributed by atoms with E-state index < -0.39 is 11.7 Å². The zero-order valence-corrected chi connectivity index (χ0v) is 15.1. The lowest BCUT2D eigenvalue weighted by Crippen LogP contribution is -2.35. The lowest BCUT2D eigenvalue weighted by Gasteiger charge is -2.35. The van der Waals surface area contributed by atoms with Crippen LogP contribution in [0, 0.1) is 6.92 Å². The van der Waals surface area contributed by atoms with Crippen LogP contribution in [0.5, 0.6) is 5.75 Å². The minimum absolute atomic E-state index is 0.0475. The molecule has 2 aliphatic rings. The molecule has 0 radical (unpaired) electrons. The molecule has 2 aliphatic heterocycles. The normalized spacial score (nSPS) is 22.6. The van der Waals surface area contributed by atoms with E-state index in [4.69, 9.17) is 9.15 Å². The Balaban J connectivity index is 1.81. The summed E-state index contributed by atoms with van der Waals surface area (Å²) in [6.45, 7) is 7.41. The van der Waals surface area contributed by atoms with Crippen LogP contribution in [0.3, 0.4) is 0 Å². The van der Waals surface area contributed by atoms with Gasteiger partial charge in [0.05, 0.1) is 6.10 Å². The molecule has 3 heterocycles. The van der Waals surface area contributed by atoms with Crippen molar-refractivity contribution in [2.24, 2.45) is 0 Å². The smallest absolute Gasteiger partial charge is 0.289 e. The number of benzene rings is 1. The van der Waals surface area contributed by atoms with Crippen LogP contribution in [0.2, 0.25) is 0 Å². The first-order valence-corrected chi connectivity index (χ1v) is 9.10. The average molecular weight is 343 g/mol. The first kappa shape index (κ1) is 16.5. The topological polar surface area (TPSA) is 62.9 Å². The predicted molar refractivity (Wildman–Crippen MR) is 95.0 cm³/mol. The van der Waals surface area contributed by atoms with Crippen LogP contribution < -0.4 is 4.74 Å². The summed E-state index contributed by atoms with van der Waals surface area (Å²) in [4.78, 5) is 14.8. The van der Waals surface area contributed by atoms with Crippen LogP contribution in [0.1, 0.15) is 67.3 Å². The fourth-order valence-electron chi connectivity index (χ4n) is 4.12. The van der Waals surface area contributed by atoms with Gasteiger partial charge in [0.2, 0.25) is 0 Å². The van der Waals surface area contributed by atoms with E-state index in [0.717, 1.165) is 42.4 Å². The van der Waals surface area contributed by atoms with E-state index in [1.165, 1.54) is 6.42 Å². The van der Waals surface area contributed by atoms with Crippen molar-refractivity contribution in [2.45, 2.75) is 58.2 Å². The summed E-state index contributed by atoms with van der Waals surface area (Å²) in [5, 5.41) is 11.5. The summed E-state index contributed by atoms with van der Waals surface area (Å²) in [5.74, 6) is 1.02. The van der Waals surface area contributed by atoms with Gasteiger partial charge in [-0.3, -0.25) is 4.79 Å².